The van der Waals surface area contributed by atoms with Crippen molar-refractivity contribution in [1.82, 2.24) is 4.98 Å². The number of aryl methyl sites for hydroxylation is 1. The van der Waals surface area contributed by atoms with Crippen LogP contribution in [-0.2, 0) is 12.8 Å². The molecule has 2 N–H and O–H groups in total. The maximum atomic E-state index is 9.42. The fourth-order valence-electron chi connectivity index (χ4n) is 2.81. The predicted octanol–water partition coefficient (Wildman–Crippen LogP) is 2.70. The Morgan fingerprint density at radius 3 is 2.95 bits per heavy atom. The summed E-state index contributed by atoms with van der Waals surface area (Å²) in [5.41, 5.74) is 10.5. The van der Waals surface area contributed by atoms with Gasteiger partial charge in [0.15, 0.2) is 0 Å². The molecule has 4 nitrogen and oxygen atoms in total. The van der Waals surface area contributed by atoms with E-state index in [-0.39, 0.29) is 0 Å². The highest BCUT2D eigenvalue weighted by atomic mass is 16.5. The molecule has 0 unspecified atom stereocenters. The van der Waals surface area contributed by atoms with Gasteiger partial charge in [-0.05, 0) is 42.5 Å². The summed E-state index contributed by atoms with van der Waals surface area (Å²) in [6.45, 7) is 0. The van der Waals surface area contributed by atoms with Gasteiger partial charge in [0.1, 0.15) is 23.2 Å². The lowest BCUT2D eigenvalue weighted by molar-refractivity contribution is 0.415. The molecule has 0 radical (unpaired) electrons. The largest absolute Gasteiger partial charge is 0.497 e. The van der Waals surface area contributed by atoms with Gasteiger partial charge in [-0.3, -0.25) is 0 Å². The van der Waals surface area contributed by atoms with Gasteiger partial charge in [-0.25, -0.2) is 4.98 Å². The van der Waals surface area contributed by atoms with Crippen molar-refractivity contribution in [3.05, 3.63) is 41.1 Å². The number of hydrogen-bond acceptors (Lipinski definition) is 4. The van der Waals surface area contributed by atoms with Gasteiger partial charge in [-0.2, -0.15) is 5.26 Å². The van der Waals surface area contributed by atoms with Gasteiger partial charge in [0.25, 0.3) is 0 Å². The van der Waals surface area contributed by atoms with E-state index in [1.165, 1.54) is 0 Å². The van der Waals surface area contributed by atoms with Crippen LogP contribution < -0.4 is 10.5 Å². The molecule has 1 aromatic heterocycles. The second-order valence-electron chi connectivity index (χ2n) is 4.87. The second kappa shape index (κ2) is 4.86. The highest BCUT2D eigenvalue weighted by Crippen LogP contribution is 2.37. The Morgan fingerprint density at radius 2 is 2.20 bits per heavy atom. The van der Waals surface area contributed by atoms with Gasteiger partial charge in [-0.1, -0.05) is 12.1 Å². The molecule has 0 bridgehead atoms. The van der Waals surface area contributed by atoms with Gasteiger partial charge in [0.2, 0.25) is 0 Å². The number of nitriles is 1. The third-order valence-electron chi connectivity index (χ3n) is 3.72. The Morgan fingerprint density at radius 1 is 1.35 bits per heavy atom. The first kappa shape index (κ1) is 12.5. The maximum Gasteiger partial charge on any atom is 0.142 e. The molecule has 0 saturated carbocycles. The van der Waals surface area contributed by atoms with Crippen LogP contribution >= 0.6 is 0 Å². The van der Waals surface area contributed by atoms with E-state index in [2.05, 4.69) is 11.1 Å². The first-order chi connectivity index (χ1) is 9.74. The summed E-state index contributed by atoms with van der Waals surface area (Å²) in [7, 11) is 1.63. The van der Waals surface area contributed by atoms with Crippen LogP contribution in [0, 0.1) is 11.3 Å². The number of nitrogens with two attached hydrogens (primary N) is 1. The zero-order valence-corrected chi connectivity index (χ0v) is 11.3. The van der Waals surface area contributed by atoms with Crippen LogP contribution in [0.3, 0.4) is 0 Å². The van der Waals surface area contributed by atoms with Crippen LogP contribution in [-0.4, -0.2) is 12.1 Å². The number of hydrogen-bond donors (Lipinski definition) is 1. The number of pyridine rings is 1. The summed E-state index contributed by atoms with van der Waals surface area (Å²) in [6, 6.07) is 9.94. The fourth-order valence-corrected chi connectivity index (χ4v) is 2.81. The molecular formula is C16H15N3O. The lowest BCUT2D eigenvalue weighted by atomic mass is 9.94. The second-order valence-corrected chi connectivity index (χ2v) is 4.87. The third kappa shape index (κ3) is 1.88. The molecule has 100 valence electrons. The Bertz CT molecular complexity index is 716. The number of aromatic nitrogens is 1. The van der Waals surface area contributed by atoms with E-state index in [1.807, 2.05) is 24.3 Å². The van der Waals surface area contributed by atoms with Crippen LogP contribution in [0.2, 0.25) is 0 Å². The predicted molar refractivity (Wildman–Crippen MR) is 77.4 cm³/mol. The Labute approximate surface area is 117 Å². The van der Waals surface area contributed by atoms with E-state index >= 15 is 0 Å². The third-order valence-corrected chi connectivity index (χ3v) is 3.72. The summed E-state index contributed by atoms with van der Waals surface area (Å²) in [5.74, 6) is 1.10. The van der Waals surface area contributed by atoms with Crippen LogP contribution in [0.5, 0.6) is 5.75 Å². The molecule has 0 fully saturated rings. The zero-order valence-electron chi connectivity index (χ0n) is 11.3. The van der Waals surface area contributed by atoms with Gasteiger partial charge in [0, 0.05) is 11.3 Å². The summed E-state index contributed by atoms with van der Waals surface area (Å²) in [4.78, 5) is 4.38. The highest BCUT2D eigenvalue weighted by molar-refractivity contribution is 5.80. The van der Waals surface area contributed by atoms with Gasteiger partial charge < -0.3 is 10.5 Å². The lowest BCUT2D eigenvalue weighted by Crippen LogP contribution is -2.03. The van der Waals surface area contributed by atoms with Crippen molar-refractivity contribution in [2.75, 3.05) is 12.8 Å². The molecule has 1 aliphatic rings. The molecule has 4 heteroatoms. The van der Waals surface area contributed by atoms with Crippen molar-refractivity contribution >= 4 is 5.82 Å². The standard InChI is InChI=1S/C16H15N3O/c1-20-11-5-2-4-10(8-11)15-12-6-3-7-14(12)19-16(18)13(15)9-17/h2,4-5,8H,3,6-7H2,1H3,(H2,18,19). The quantitative estimate of drug-likeness (QED) is 0.906. The number of rotatable bonds is 2. The Kier molecular flexibility index (Phi) is 3.03. The number of methoxy groups -OCH3 is 1. The fraction of sp³-hybridized carbons (Fsp3) is 0.250. The van der Waals surface area contributed by atoms with E-state index in [0.29, 0.717) is 11.4 Å². The smallest absolute Gasteiger partial charge is 0.142 e. The topological polar surface area (TPSA) is 71.9 Å². The number of fused-ring (bicyclic) bond motifs is 1. The van der Waals surface area contributed by atoms with Crippen molar-refractivity contribution in [3.63, 3.8) is 0 Å². The number of ether oxygens (including phenoxy) is 1. The minimum absolute atomic E-state index is 0.325. The number of nitrogens with zero attached hydrogens (tertiary/aromatic N) is 2. The molecule has 0 spiro atoms. The van der Waals surface area contributed by atoms with Crippen LogP contribution in [0.4, 0.5) is 5.82 Å². The monoisotopic (exact) mass is 265 g/mol. The van der Waals surface area contributed by atoms with E-state index in [0.717, 1.165) is 47.4 Å². The first-order valence-electron chi connectivity index (χ1n) is 6.60. The minimum Gasteiger partial charge on any atom is -0.497 e. The van der Waals surface area contributed by atoms with E-state index in [9.17, 15) is 5.26 Å². The molecule has 1 heterocycles. The highest BCUT2D eigenvalue weighted by Gasteiger charge is 2.23. The summed E-state index contributed by atoms with van der Waals surface area (Å²) >= 11 is 0. The first-order valence-corrected chi connectivity index (χ1v) is 6.60. The number of benzene rings is 1. The molecule has 20 heavy (non-hydrogen) atoms. The maximum absolute atomic E-state index is 9.42. The van der Waals surface area contributed by atoms with E-state index in [4.69, 9.17) is 10.5 Å². The van der Waals surface area contributed by atoms with Crippen molar-refractivity contribution in [2.45, 2.75) is 19.3 Å². The SMILES string of the molecule is COc1cccc(-c2c(C#N)c(N)nc3c2CCC3)c1. The minimum atomic E-state index is 0.325. The van der Waals surface area contributed by atoms with Crippen LogP contribution in [0.25, 0.3) is 11.1 Å². The van der Waals surface area contributed by atoms with Crippen molar-refractivity contribution < 1.29 is 4.74 Å². The molecule has 1 aliphatic carbocycles. The summed E-state index contributed by atoms with van der Waals surface area (Å²) in [6.07, 6.45) is 2.94. The van der Waals surface area contributed by atoms with Crippen molar-refractivity contribution in [3.8, 4) is 22.9 Å². The Hall–Kier alpha value is -2.54. The van der Waals surface area contributed by atoms with Crippen LogP contribution in [0.15, 0.2) is 24.3 Å². The number of nitrogen functional groups attached to an aromatic ring is 1. The molecule has 0 aliphatic heterocycles. The average molecular weight is 265 g/mol. The number of anilines is 1. The van der Waals surface area contributed by atoms with Gasteiger partial charge >= 0.3 is 0 Å². The molecule has 3 rings (SSSR count). The van der Waals surface area contributed by atoms with E-state index < -0.39 is 0 Å². The van der Waals surface area contributed by atoms with Crippen LogP contribution in [0.1, 0.15) is 23.2 Å². The zero-order chi connectivity index (χ0) is 14.1. The average Bonchev–Trinajstić information content (AvgIpc) is 2.93. The molecular weight excluding hydrogens is 250 g/mol. The van der Waals surface area contributed by atoms with Crippen molar-refractivity contribution in [1.29, 1.82) is 5.26 Å². The molecule has 2 aromatic rings. The summed E-state index contributed by atoms with van der Waals surface area (Å²) in [5, 5.41) is 9.42. The normalized spacial score (nSPS) is 12.8. The van der Waals surface area contributed by atoms with Gasteiger partial charge in [0.05, 0.1) is 7.11 Å². The molecule has 1 aromatic carbocycles. The van der Waals surface area contributed by atoms with Crippen molar-refractivity contribution in [2.24, 2.45) is 0 Å². The molecule has 0 saturated heterocycles. The van der Waals surface area contributed by atoms with E-state index in [1.54, 1.807) is 7.11 Å². The Balaban J connectivity index is 2.29. The van der Waals surface area contributed by atoms with Gasteiger partial charge in [-0.15, -0.1) is 0 Å². The lowest BCUT2D eigenvalue weighted by Gasteiger charge is -2.13. The molecule has 0 atom stereocenters. The summed E-state index contributed by atoms with van der Waals surface area (Å²) < 4.78 is 5.27. The molecule has 0 amide bonds.